The second-order valence-corrected chi connectivity index (χ2v) is 6.59. The van der Waals surface area contributed by atoms with Crippen LogP contribution in [-0.4, -0.2) is 58.9 Å². The Bertz CT molecular complexity index is 838. The van der Waals surface area contributed by atoms with Crippen molar-refractivity contribution in [3.8, 4) is 0 Å². The minimum atomic E-state index is -4.50. The number of hydrogen-bond donors (Lipinski definition) is 1. The number of hydrogen-bond acceptors (Lipinski definition) is 5. The molecule has 1 saturated heterocycles. The monoisotopic (exact) mass is 399 g/mol. The SMILES string of the molecule is CN1CCN(C(=O)c2ccnc(Nc3cc(C(F)(F)F)ccc3Cl)n2)CC1. The van der Waals surface area contributed by atoms with Gasteiger partial charge in [0.05, 0.1) is 16.3 Å². The van der Waals surface area contributed by atoms with Crippen molar-refractivity contribution in [1.29, 1.82) is 0 Å². The van der Waals surface area contributed by atoms with Gasteiger partial charge < -0.3 is 15.1 Å². The molecular weight excluding hydrogens is 383 g/mol. The van der Waals surface area contributed by atoms with Gasteiger partial charge in [-0.15, -0.1) is 0 Å². The van der Waals surface area contributed by atoms with Crippen molar-refractivity contribution in [3.05, 3.63) is 46.7 Å². The number of anilines is 2. The maximum Gasteiger partial charge on any atom is 0.416 e. The summed E-state index contributed by atoms with van der Waals surface area (Å²) in [6.07, 6.45) is -3.12. The summed E-state index contributed by atoms with van der Waals surface area (Å²) < 4.78 is 38.7. The molecule has 0 spiro atoms. The van der Waals surface area contributed by atoms with Crippen molar-refractivity contribution < 1.29 is 18.0 Å². The third kappa shape index (κ3) is 4.67. The van der Waals surface area contributed by atoms with Gasteiger partial charge in [-0.2, -0.15) is 13.2 Å². The first-order valence-electron chi connectivity index (χ1n) is 8.18. The van der Waals surface area contributed by atoms with Gasteiger partial charge in [0, 0.05) is 32.4 Å². The minimum absolute atomic E-state index is 0.00352. The highest BCUT2D eigenvalue weighted by Crippen LogP contribution is 2.34. The predicted molar refractivity (Wildman–Crippen MR) is 95.2 cm³/mol. The third-order valence-corrected chi connectivity index (χ3v) is 4.53. The van der Waals surface area contributed by atoms with E-state index >= 15 is 0 Å². The van der Waals surface area contributed by atoms with E-state index in [0.29, 0.717) is 13.1 Å². The molecule has 10 heteroatoms. The Kier molecular flexibility index (Phi) is 5.52. The van der Waals surface area contributed by atoms with Gasteiger partial charge in [-0.3, -0.25) is 4.79 Å². The summed E-state index contributed by atoms with van der Waals surface area (Å²) >= 11 is 5.97. The van der Waals surface area contributed by atoms with E-state index in [2.05, 4.69) is 20.2 Å². The van der Waals surface area contributed by atoms with Crippen LogP contribution >= 0.6 is 11.6 Å². The molecule has 2 aromatic rings. The molecule has 0 bridgehead atoms. The summed E-state index contributed by atoms with van der Waals surface area (Å²) in [7, 11) is 1.98. The zero-order chi connectivity index (χ0) is 19.6. The number of rotatable bonds is 3. The van der Waals surface area contributed by atoms with Gasteiger partial charge in [-0.1, -0.05) is 11.6 Å². The van der Waals surface area contributed by atoms with Crippen LogP contribution in [0.15, 0.2) is 30.5 Å². The predicted octanol–water partition coefficient (Wildman–Crippen LogP) is 3.28. The maximum absolute atomic E-state index is 12.9. The Morgan fingerprint density at radius 2 is 1.89 bits per heavy atom. The van der Waals surface area contributed by atoms with E-state index in [1.54, 1.807) is 4.90 Å². The number of carbonyl (C=O) groups is 1. The normalized spacial score (nSPS) is 15.7. The Morgan fingerprint density at radius 3 is 2.56 bits per heavy atom. The quantitative estimate of drug-likeness (QED) is 0.858. The zero-order valence-electron chi connectivity index (χ0n) is 14.4. The highest BCUT2D eigenvalue weighted by Gasteiger charge is 2.31. The van der Waals surface area contributed by atoms with Crippen LogP contribution in [0, 0.1) is 0 Å². The summed E-state index contributed by atoms with van der Waals surface area (Å²) in [5.74, 6) is -0.250. The molecule has 27 heavy (non-hydrogen) atoms. The smallest absolute Gasteiger partial charge is 0.335 e. The molecule has 6 nitrogen and oxygen atoms in total. The van der Waals surface area contributed by atoms with Gasteiger partial charge in [-0.05, 0) is 31.3 Å². The van der Waals surface area contributed by atoms with E-state index in [1.165, 1.54) is 12.3 Å². The highest BCUT2D eigenvalue weighted by atomic mass is 35.5. The Hall–Kier alpha value is -2.39. The van der Waals surface area contributed by atoms with Gasteiger partial charge in [0.1, 0.15) is 5.69 Å². The fourth-order valence-corrected chi connectivity index (χ4v) is 2.79. The Balaban J connectivity index is 1.79. The summed E-state index contributed by atoms with van der Waals surface area (Å²) in [4.78, 5) is 24.5. The summed E-state index contributed by atoms with van der Waals surface area (Å²) in [5.41, 5.74) is -0.671. The van der Waals surface area contributed by atoms with E-state index < -0.39 is 11.7 Å². The minimum Gasteiger partial charge on any atom is -0.335 e. The van der Waals surface area contributed by atoms with Crippen LogP contribution in [0.1, 0.15) is 16.1 Å². The van der Waals surface area contributed by atoms with Crippen molar-refractivity contribution >= 4 is 29.1 Å². The van der Waals surface area contributed by atoms with E-state index in [4.69, 9.17) is 11.6 Å². The lowest BCUT2D eigenvalue weighted by atomic mass is 10.2. The number of alkyl halides is 3. The van der Waals surface area contributed by atoms with Gasteiger partial charge in [-0.25, -0.2) is 9.97 Å². The average molecular weight is 400 g/mol. The summed E-state index contributed by atoms with van der Waals surface area (Å²) in [5, 5.41) is 2.74. The van der Waals surface area contributed by atoms with Crippen LogP contribution in [0.4, 0.5) is 24.8 Å². The maximum atomic E-state index is 12.9. The lowest BCUT2D eigenvalue weighted by Gasteiger charge is -2.32. The number of piperazine rings is 1. The molecule has 2 heterocycles. The molecule has 3 rings (SSSR count). The molecule has 1 aromatic heterocycles. The molecule has 1 aromatic carbocycles. The van der Waals surface area contributed by atoms with Crippen LogP contribution in [0.2, 0.25) is 5.02 Å². The molecule has 1 N–H and O–H groups in total. The number of likely N-dealkylation sites (N-methyl/N-ethyl adjacent to an activating group) is 1. The second kappa shape index (κ2) is 7.69. The summed E-state index contributed by atoms with van der Waals surface area (Å²) in [6, 6.07) is 4.38. The van der Waals surface area contributed by atoms with Crippen molar-refractivity contribution in [2.75, 3.05) is 38.5 Å². The van der Waals surface area contributed by atoms with E-state index in [1.807, 2.05) is 7.05 Å². The molecule has 1 fully saturated rings. The van der Waals surface area contributed by atoms with Crippen LogP contribution in [0.5, 0.6) is 0 Å². The molecule has 0 unspecified atom stereocenters. The number of halogens is 4. The standard InChI is InChI=1S/C17H17ClF3N5O/c1-25-6-8-26(9-7-25)15(27)13-4-5-22-16(23-13)24-14-10-11(17(19,20)21)2-3-12(14)18/h2-5,10H,6-9H2,1H3,(H,22,23,24). The van der Waals surface area contributed by atoms with E-state index in [9.17, 15) is 18.0 Å². The topological polar surface area (TPSA) is 61.4 Å². The lowest BCUT2D eigenvalue weighted by Crippen LogP contribution is -2.47. The molecular formula is C17H17ClF3N5O. The zero-order valence-corrected chi connectivity index (χ0v) is 15.2. The molecule has 0 atom stereocenters. The fraction of sp³-hybridized carbons (Fsp3) is 0.353. The highest BCUT2D eigenvalue weighted by molar-refractivity contribution is 6.33. The average Bonchev–Trinajstić information content (AvgIpc) is 2.63. The van der Waals surface area contributed by atoms with Crippen molar-refractivity contribution in [1.82, 2.24) is 19.8 Å². The van der Waals surface area contributed by atoms with Crippen LogP contribution < -0.4 is 5.32 Å². The van der Waals surface area contributed by atoms with Crippen molar-refractivity contribution in [2.45, 2.75) is 6.18 Å². The molecule has 1 aliphatic heterocycles. The Labute approximate surface area is 159 Å². The van der Waals surface area contributed by atoms with Crippen molar-refractivity contribution in [2.24, 2.45) is 0 Å². The van der Waals surface area contributed by atoms with Crippen molar-refractivity contribution in [3.63, 3.8) is 0 Å². The Morgan fingerprint density at radius 1 is 1.19 bits per heavy atom. The number of benzene rings is 1. The molecule has 0 radical (unpaired) electrons. The van der Waals surface area contributed by atoms with E-state index in [0.717, 1.165) is 31.3 Å². The number of nitrogens with one attached hydrogen (secondary N) is 1. The summed E-state index contributed by atoms with van der Waals surface area (Å²) in [6.45, 7) is 2.70. The molecule has 0 saturated carbocycles. The van der Waals surface area contributed by atoms with Gasteiger partial charge in [0.2, 0.25) is 5.95 Å². The van der Waals surface area contributed by atoms with Crippen LogP contribution in [0.25, 0.3) is 0 Å². The number of carbonyl (C=O) groups excluding carboxylic acids is 1. The molecule has 1 aliphatic rings. The first-order chi connectivity index (χ1) is 12.7. The molecule has 0 aliphatic carbocycles. The largest absolute Gasteiger partial charge is 0.416 e. The van der Waals surface area contributed by atoms with Gasteiger partial charge in [0.15, 0.2) is 0 Å². The fourth-order valence-electron chi connectivity index (χ4n) is 2.63. The number of aromatic nitrogens is 2. The van der Waals surface area contributed by atoms with Crippen LogP contribution in [-0.2, 0) is 6.18 Å². The molecule has 144 valence electrons. The second-order valence-electron chi connectivity index (χ2n) is 6.18. The third-order valence-electron chi connectivity index (χ3n) is 4.21. The van der Waals surface area contributed by atoms with Crippen LogP contribution in [0.3, 0.4) is 0 Å². The first-order valence-corrected chi connectivity index (χ1v) is 8.56. The number of amides is 1. The number of nitrogens with zero attached hydrogens (tertiary/aromatic N) is 4. The lowest BCUT2D eigenvalue weighted by molar-refractivity contribution is -0.137. The van der Waals surface area contributed by atoms with E-state index in [-0.39, 0.29) is 28.3 Å². The molecule has 1 amide bonds. The first kappa shape index (κ1) is 19.4. The van der Waals surface area contributed by atoms with Gasteiger partial charge in [0.25, 0.3) is 5.91 Å². The van der Waals surface area contributed by atoms with Gasteiger partial charge >= 0.3 is 6.18 Å².